The molecule has 0 bridgehead atoms. The predicted octanol–water partition coefficient (Wildman–Crippen LogP) is 3.36. The Kier molecular flexibility index (Phi) is 10.7. The molecular formula is C20H26ClIN4O2. The van der Waals surface area contributed by atoms with Gasteiger partial charge in [-0.05, 0) is 48.7 Å². The Labute approximate surface area is 187 Å². The first kappa shape index (κ1) is 24.0. The van der Waals surface area contributed by atoms with Gasteiger partial charge in [0.2, 0.25) is 5.91 Å². The summed E-state index contributed by atoms with van der Waals surface area (Å²) in [5.74, 6) is 0.999. The summed E-state index contributed by atoms with van der Waals surface area (Å²) in [5, 5.41) is 7.18. The quantitative estimate of drug-likeness (QED) is 0.285. The number of hydrogen-bond acceptors (Lipinski definition) is 3. The van der Waals surface area contributed by atoms with Crippen molar-refractivity contribution in [1.82, 2.24) is 10.6 Å². The highest BCUT2D eigenvalue weighted by molar-refractivity contribution is 14.0. The second kappa shape index (κ2) is 12.5. The zero-order valence-corrected chi connectivity index (χ0v) is 19.1. The van der Waals surface area contributed by atoms with Gasteiger partial charge in [0.15, 0.2) is 5.96 Å². The third-order valence-corrected chi connectivity index (χ3v) is 4.27. The van der Waals surface area contributed by atoms with Crippen molar-refractivity contribution in [2.75, 3.05) is 20.2 Å². The fraction of sp³-hybridized carbons (Fsp3) is 0.300. The average Bonchev–Trinajstić information content (AvgIpc) is 2.67. The van der Waals surface area contributed by atoms with Gasteiger partial charge in [-0.3, -0.25) is 4.79 Å². The van der Waals surface area contributed by atoms with Crippen LogP contribution in [0.2, 0.25) is 5.02 Å². The molecule has 0 aromatic heterocycles. The van der Waals surface area contributed by atoms with Crippen molar-refractivity contribution in [3.8, 4) is 5.75 Å². The van der Waals surface area contributed by atoms with E-state index in [-0.39, 0.29) is 24.0 Å². The number of guanidine groups is 1. The number of aliphatic imine (C=N–C) groups is 1. The molecule has 0 unspecified atom stereocenters. The van der Waals surface area contributed by atoms with Crippen LogP contribution in [-0.2, 0) is 13.0 Å². The number of hydrogen-bond donors (Lipinski definition) is 3. The van der Waals surface area contributed by atoms with Crippen LogP contribution < -0.4 is 21.1 Å². The minimum atomic E-state index is -0.442. The molecule has 8 heteroatoms. The van der Waals surface area contributed by atoms with E-state index in [1.807, 2.05) is 31.2 Å². The van der Waals surface area contributed by atoms with Gasteiger partial charge >= 0.3 is 0 Å². The van der Waals surface area contributed by atoms with E-state index in [1.165, 1.54) is 0 Å². The maximum atomic E-state index is 11.3. The number of carbonyl (C=O) groups is 1. The molecule has 0 saturated heterocycles. The lowest BCUT2D eigenvalue weighted by Crippen LogP contribution is -2.38. The molecule has 2 aromatic rings. The standard InChI is InChI=1S/C20H25ClN4O2.HI/c1-3-23-20(25-13-14-5-4-6-16(11-14)19(22)26)24-10-9-15-7-8-17(27-2)12-18(15)21;/h4-8,11-12H,3,9-10,13H2,1-2H3,(H2,22,26)(H2,23,24,25);1H. The van der Waals surface area contributed by atoms with Crippen molar-refractivity contribution in [2.45, 2.75) is 19.9 Å². The van der Waals surface area contributed by atoms with E-state index < -0.39 is 5.91 Å². The summed E-state index contributed by atoms with van der Waals surface area (Å²) in [6, 6.07) is 12.8. The number of nitrogens with two attached hydrogens (primary N) is 1. The molecule has 2 rings (SSSR count). The van der Waals surface area contributed by atoms with Gasteiger partial charge in [0.05, 0.1) is 13.7 Å². The Balaban J connectivity index is 0.00000392. The zero-order chi connectivity index (χ0) is 19.6. The summed E-state index contributed by atoms with van der Waals surface area (Å²) >= 11 is 6.27. The van der Waals surface area contributed by atoms with Crippen molar-refractivity contribution in [1.29, 1.82) is 0 Å². The van der Waals surface area contributed by atoms with Gasteiger partial charge in [-0.1, -0.05) is 29.8 Å². The topological polar surface area (TPSA) is 88.7 Å². The van der Waals surface area contributed by atoms with Gasteiger partial charge in [-0.15, -0.1) is 24.0 Å². The predicted molar refractivity (Wildman–Crippen MR) is 125 cm³/mol. The molecule has 4 N–H and O–H groups in total. The van der Waals surface area contributed by atoms with E-state index in [0.717, 1.165) is 29.8 Å². The average molecular weight is 517 g/mol. The number of rotatable bonds is 8. The number of primary amides is 1. The first-order valence-corrected chi connectivity index (χ1v) is 9.14. The highest BCUT2D eigenvalue weighted by Gasteiger charge is 2.04. The van der Waals surface area contributed by atoms with Crippen LogP contribution >= 0.6 is 35.6 Å². The third kappa shape index (κ3) is 7.55. The smallest absolute Gasteiger partial charge is 0.248 e. The first-order chi connectivity index (χ1) is 13.0. The Morgan fingerprint density at radius 3 is 2.64 bits per heavy atom. The summed E-state index contributed by atoms with van der Waals surface area (Å²) in [6.07, 6.45) is 0.754. The van der Waals surface area contributed by atoms with Crippen LogP contribution in [0.3, 0.4) is 0 Å². The number of halogens is 2. The molecule has 152 valence electrons. The molecule has 0 spiro atoms. The van der Waals surface area contributed by atoms with Gasteiger partial charge in [0, 0.05) is 23.7 Å². The Hall–Kier alpha value is -2.00. The summed E-state index contributed by atoms with van der Waals surface area (Å²) in [4.78, 5) is 15.8. The van der Waals surface area contributed by atoms with E-state index in [0.29, 0.717) is 29.6 Å². The molecule has 2 aromatic carbocycles. The number of methoxy groups -OCH3 is 1. The second-order valence-electron chi connectivity index (χ2n) is 5.89. The highest BCUT2D eigenvalue weighted by atomic mass is 127. The van der Waals surface area contributed by atoms with Gasteiger partial charge in [0.1, 0.15) is 5.75 Å². The van der Waals surface area contributed by atoms with Crippen LogP contribution in [0.25, 0.3) is 0 Å². The van der Waals surface area contributed by atoms with Crippen LogP contribution in [0.4, 0.5) is 0 Å². The van der Waals surface area contributed by atoms with E-state index in [9.17, 15) is 4.79 Å². The normalized spacial score (nSPS) is 10.8. The lowest BCUT2D eigenvalue weighted by molar-refractivity contribution is 0.1000. The summed E-state index contributed by atoms with van der Waals surface area (Å²) in [5.41, 5.74) is 7.76. The molecule has 0 aliphatic heterocycles. The molecule has 0 fully saturated rings. The highest BCUT2D eigenvalue weighted by Crippen LogP contribution is 2.22. The van der Waals surface area contributed by atoms with Crippen molar-refractivity contribution in [3.05, 3.63) is 64.2 Å². The summed E-state index contributed by atoms with van der Waals surface area (Å²) < 4.78 is 5.16. The maximum Gasteiger partial charge on any atom is 0.248 e. The molecule has 0 aliphatic rings. The van der Waals surface area contributed by atoms with Crippen LogP contribution in [-0.4, -0.2) is 32.1 Å². The van der Waals surface area contributed by atoms with Crippen molar-refractivity contribution in [3.63, 3.8) is 0 Å². The number of carbonyl (C=O) groups excluding carboxylic acids is 1. The van der Waals surface area contributed by atoms with Gasteiger partial charge in [0.25, 0.3) is 0 Å². The maximum absolute atomic E-state index is 11.3. The van der Waals surface area contributed by atoms with Crippen molar-refractivity contribution in [2.24, 2.45) is 10.7 Å². The monoisotopic (exact) mass is 516 g/mol. The van der Waals surface area contributed by atoms with Gasteiger partial charge in [-0.25, -0.2) is 4.99 Å². The molecule has 0 saturated carbocycles. The Bertz CT molecular complexity index is 815. The largest absolute Gasteiger partial charge is 0.497 e. The van der Waals surface area contributed by atoms with Crippen LogP contribution in [0.15, 0.2) is 47.5 Å². The number of amides is 1. The second-order valence-corrected chi connectivity index (χ2v) is 6.30. The SMILES string of the molecule is CCNC(=NCc1cccc(C(N)=O)c1)NCCc1ccc(OC)cc1Cl.I. The molecule has 0 aliphatic carbocycles. The summed E-state index contributed by atoms with van der Waals surface area (Å²) in [6.45, 7) is 3.88. The van der Waals surface area contributed by atoms with Gasteiger partial charge < -0.3 is 21.1 Å². The number of ether oxygens (including phenoxy) is 1. The van der Waals surface area contributed by atoms with E-state index in [2.05, 4.69) is 15.6 Å². The summed E-state index contributed by atoms with van der Waals surface area (Å²) in [7, 11) is 1.62. The third-order valence-electron chi connectivity index (χ3n) is 3.92. The Morgan fingerprint density at radius 1 is 1.21 bits per heavy atom. The Morgan fingerprint density at radius 2 is 2.00 bits per heavy atom. The molecule has 0 radical (unpaired) electrons. The van der Waals surface area contributed by atoms with E-state index in [4.69, 9.17) is 22.1 Å². The van der Waals surface area contributed by atoms with Crippen LogP contribution in [0, 0.1) is 0 Å². The minimum absolute atomic E-state index is 0. The van der Waals surface area contributed by atoms with E-state index in [1.54, 1.807) is 25.3 Å². The fourth-order valence-electron chi connectivity index (χ4n) is 2.51. The lowest BCUT2D eigenvalue weighted by atomic mass is 10.1. The van der Waals surface area contributed by atoms with Crippen LogP contribution in [0.1, 0.15) is 28.4 Å². The lowest BCUT2D eigenvalue weighted by Gasteiger charge is -2.12. The zero-order valence-electron chi connectivity index (χ0n) is 16.0. The van der Waals surface area contributed by atoms with E-state index >= 15 is 0 Å². The minimum Gasteiger partial charge on any atom is -0.497 e. The number of benzene rings is 2. The molecule has 28 heavy (non-hydrogen) atoms. The molecule has 0 heterocycles. The molecule has 1 amide bonds. The first-order valence-electron chi connectivity index (χ1n) is 8.76. The molecule has 6 nitrogen and oxygen atoms in total. The van der Waals surface area contributed by atoms with Gasteiger partial charge in [-0.2, -0.15) is 0 Å². The molecule has 0 atom stereocenters. The number of nitrogens with one attached hydrogen (secondary N) is 2. The molecular weight excluding hydrogens is 491 g/mol. The van der Waals surface area contributed by atoms with Crippen molar-refractivity contribution < 1.29 is 9.53 Å². The van der Waals surface area contributed by atoms with Crippen molar-refractivity contribution >= 4 is 47.4 Å². The fourth-order valence-corrected chi connectivity index (χ4v) is 2.77. The van der Waals surface area contributed by atoms with Crippen LogP contribution in [0.5, 0.6) is 5.75 Å². The number of nitrogens with zero attached hydrogens (tertiary/aromatic N) is 1.